The number of carbonyl (C=O) groups excluding carboxylic acids is 2. The van der Waals surface area contributed by atoms with Gasteiger partial charge in [0.15, 0.2) is 0 Å². The number of alkyl carbamates (subject to hydrolysis) is 1. The fraction of sp³-hybridized carbons (Fsp3) is 0.464. The average molecular weight is 481 g/mol. The zero-order chi connectivity index (χ0) is 26.0. The van der Waals surface area contributed by atoms with Crippen molar-refractivity contribution in [3.8, 4) is 11.1 Å². The van der Waals surface area contributed by atoms with Gasteiger partial charge in [0.1, 0.15) is 13.2 Å². The largest absolute Gasteiger partial charge is 0.480 e. The molecular weight excluding hydrogens is 444 g/mol. The van der Waals surface area contributed by atoms with Gasteiger partial charge in [0.05, 0.1) is 11.0 Å². The van der Waals surface area contributed by atoms with Gasteiger partial charge in [-0.3, -0.25) is 9.59 Å². The third kappa shape index (κ3) is 5.19. The van der Waals surface area contributed by atoms with E-state index in [1.165, 1.54) is 4.90 Å². The lowest BCUT2D eigenvalue weighted by Crippen LogP contribution is -2.61. The summed E-state index contributed by atoms with van der Waals surface area (Å²) in [5.41, 5.74) is 2.44. The van der Waals surface area contributed by atoms with Crippen LogP contribution in [0.3, 0.4) is 0 Å². The highest BCUT2D eigenvalue weighted by atomic mass is 16.5. The van der Waals surface area contributed by atoms with Crippen molar-refractivity contribution < 1.29 is 24.2 Å². The number of nitrogens with one attached hydrogen (secondary N) is 1. The van der Waals surface area contributed by atoms with Gasteiger partial charge in [-0.15, -0.1) is 0 Å². The topological polar surface area (TPSA) is 95.9 Å². The monoisotopic (exact) mass is 480 g/mol. The van der Waals surface area contributed by atoms with Gasteiger partial charge in [-0.2, -0.15) is 0 Å². The number of ether oxygens (including phenoxy) is 1. The van der Waals surface area contributed by atoms with E-state index in [0.717, 1.165) is 22.3 Å². The van der Waals surface area contributed by atoms with Crippen LogP contribution in [-0.4, -0.2) is 52.7 Å². The Morgan fingerprint density at radius 1 is 1.00 bits per heavy atom. The van der Waals surface area contributed by atoms with Crippen LogP contribution in [0.15, 0.2) is 48.5 Å². The number of carboxylic acids is 1. The SMILES string of the molecule is CCC(C)N(CC(=O)O)C(=O)C(C)(C)C(C)(C)NC(=O)OCC1c2ccccc2-c2ccccc21. The van der Waals surface area contributed by atoms with E-state index in [1.54, 1.807) is 27.7 Å². The Morgan fingerprint density at radius 2 is 1.51 bits per heavy atom. The molecule has 0 saturated carbocycles. The lowest BCUT2D eigenvalue weighted by atomic mass is 9.73. The zero-order valence-corrected chi connectivity index (χ0v) is 21.4. The summed E-state index contributed by atoms with van der Waals surface area (Å²) >= 11 is 0. The Labute approximate surface area is 207 Å². The lowest BCUT2D eigenvalue weighted by molar-refractivity contribution is -0.153. The summed E-state index contributed by atoms with van der Waals surface area (Å²) in [4.78, 5) is 39.1. The van der Waals surface area contributed by atoms with Crippen LogP contribution in [0.5, 0.6) is 0 Å². The molecule has 188 valence electrons. The van der Waals surface area contributed by atoms with Crippen molar-refractivity contribution in [3.05, 3.63) is 59.7 Å². The van der Waals surface area contributed by atoms with Gasteiger partial charge in [-0.1, -0.05) is 55.5 Å². The molecule has 3 rings (SSSR count). The lowest BCUT2D eigenvalue weighted by Gasteiger charge is -2.44. The molecule has 1 unspecified atom stereocenters. The van der Waals surface area contributed by atoms with Crippen molar-refractivity contribution in [3.63, 3.8) is 0 Å². The van der Waals surface area contributed by atoms with Crippen LogP contribution in [0, 0.1) is 5.41 Å². The van der Waals surface area contributed by atoms with Gasteiger partial charge in [-0.05, 0) is 63.3 Å². The summed E-state index contributed by atoms with van der Waals surface area (Å²) in [6.45, 7) is 10.4. The summed E-state index contributed by atoms with van der Waals surface area (Å²) in [7, 11) is 0. The predicted molar refractivity (Wildman–Crippen MR) is 135 cm³/mol. The predicted octanol–water partition coefficient (Wildman–Crippen LogP) is 5.04. The van der Waals surface area contributed by atoms with Crippen molar-refractivity contribution in [2.45, 2.75) is 65.5 Å². The van der Waals surface area contributed by atoms with Crippen molar-refractivity contribution in [1.82, 2.24) is 10.2 Å². The van der Waals surface area contributed by atoms with Crippen molar-refractivity contribution in [1.29, 1.82) is 0 Å². The fourth-order valence-corrected chi connectivity index (χ4v) is 4.47. The first kappa shape index (κ1) is 26.3. The van der Waals surface area contributed by atoms with E-state index < -0.39 is 29.6 Å². The second-order valence-corrected chi connectivity index (χ2v) is 10.3. The van der Waals surface area contributed by atoms with E-state index in [-0.39, 0.29) is 24.5 Å². The minimum atomic E-state index is -1.09. The second kappa shape index (κ2) is 10.1. The van der Waals surface area contributed by atoms with Gasteiger partial charge in [0, 0.05) is 12.0 Å². The summed E-state index contributed by atoms with van der Waals surface area (Å²) in [5.74, 6) is -1.47. The van der Waals surface area contributed by atoms with E-state index in [4.69, 9.17) is 4.74 Å². The van der Waals surface area contributed by atoms with Crippen LogP contribution in [0.25, 0.3) is 11.1 Å². The van der Waals surface area contributed by atoms with E-state index >= 15 is 0 Å². The van der Waals surface area contributed by atoms with E-state index in [1.807, 2.05) is 38.1 Å². The molecule has 1 aliphatic carbocycles. The smallest absolute Gasteiger partial charge is 0.407 e. The number of aliphatic carboxylic acids is 1. The number of fused-ring (bicyclic) bond motifs is 3. The molecule has 0 fully saturated rings. The summed E-state index contributed by atoms with van der Waals surface area (Å²) < 4.78 is 5.68. The molecule has 0 bridgehead atoms. The van der Waals surface area contributed by atoms with Crippen LogP contribution in [-0.2, 0) is 14.3 Å². The zero-order valence-electron chi connectivity index (χ0n) is 21.4. The highest BCUT2D eigenvalue weighted by Crippen LogP contribution is 2.44. The Hall–Kier alpha value is -3.35. The van der Waals surface area contributed by atoms with Gasteiger partial charge in [-0.25, -0.2) is 4.79 Å². The van der Waals surface area contributed by atoms with E-state index in [2.05, 4.69) is 29.6 Å². The van der Waals surface area contributed by atoms with Gasteiger partial charge >= 0.3 is 12.1 Å². The third-order valence-corrected chi connectivity index (χ3v) is 7.54. The van der Waals surface area contributed by atoms with Crippen LogP contribution >= 0.6 is 0 Å². The number of carboxylic acid groups (broad SMARTS) is 1. The standard InChI is InChI=1S/C28H36N2O5/c1-7-18(2)30(16-24(31)32)25(33)27(3,4)28(5,6)29-26(34)35-17-23-21-14-10-8-12-19(21)20-13-9-11-15-22(20)23/h8-15,18,23H,7,16-17H2,1-6H3,(H,29,34)(H,31,32). The molecule has 2 aromatic rings. The highest BCUT2D eigenvalue weighted by Gasteiger charge is 2.47. The number of nitrogens with zero attached hydrogens (tertiary/aromatic N) is 1. The molecule has 0 radical (unpaired) electrons. The summed E-state index contributed by atoms with van der Waals surface area (Å²) in [6, 6.07) is 16.0. The van der Waals surface area contributed by atoms with Crippen LogP contribution in [0.1, 0.15) is 65.0 Å². The van der Waals surface area contributed by atoms with Crippen molar-refractivity contribution in [2.24, 2.45) is 5.41 Å². The molecule has 7 nitrogen and oxygen atoms in total. The molecule has 1 atom stereocenters. The number of hydrogen-bond donors (Lipinski definition) is 2. The van der Waals surface area contributed by atoms with Crippen LogP contribution < -0.4 is 5.32 Å². The van der Waals surface area contributed by atoms with E-state index in [0.29, 0.717) is 6.42 Å². The maximum Gasteiger partial charge on any atom is 0.407 e. The maximum absolute atomic E-state index is 13.4. The molecule has 1 aliphatic rings. The second-order valence-electron chi connectivity index (χ2n) is 10.3. The van der Waals surface area contributed by atoms with Gasteiger partial charge < -0.3 is 20.1 Å². The van der Waals surface area contributed by atoms with Crippen LogP contribution in [0.2, 0.25) is 0 Å². The molecule has 0 heterocycles. The Kier molecular flexibility index (Phi) is 7.58. The van der Waals surface area contributed by atoms with Gasteiger partial charge in [0.25, 0.3) is 0 Å². The van der Waals surface area contributed by atoms with Crippen LogP contribution in [0.4, 0.5) is 4.79 Å². The molecule has 0 saturated heterocycles. The minimum Gasteiger partial charge on any atom is -0.480 e. The van der Waals surface area contributed by atoms with Crippen molar-refractivity contribution in [2.75, 3.05) is 13.2 Å². The first-order chi connectivity index (χ1) is 16.4. The third-order valence-electron chi connectivity index (χ3n) is 7.54. The Morgan fingerprint density at radius 3 is 2.00 bits per heavy atom. The van der Waals surface area contributed by atoms with Crippen molar-refractivity contribution >= 4 is 18.0 Å². The molecule has 35 heavy (non-hydrogen) atoms. The van der Waals surface area contributed by atoms with E-state index in [9.17, 15) is 19.5 Å². The molecule has 0 aromatic heterocycles. The fourth-order valence-electron chi connectivity index (χ4n) is 4.47. The minimum absolute atomic E-state index is 0.0673. The maximum atomic E-state index is 13.4. The number of rotatable bonds is 9. The highest BCUT2D eigenvalue weighted by molar-refractivity contribution is 5.87. The average Bonchev–Trinajstić information content (AvgIpc) is 3.13. The number of carbonyl (C=O) groups is 3. The molecule has 0 spiro atoms. The molecule has 2 N–H and O–H groups in total. The Balaban J connectivity index is 1.72. The first-order valence-electron chi connectivity index (χ1n) is 12.1. The number of hydrogen-bond acceptors (Lipinski definition) is 4. The molecule has 2 amide bonds. The summed E-state index contributed by atoms with van der Waals surface area (Å²) in [6.07, 6.45) is 0.000985. The number of amides is 2. The molecule has 7 heteroatoms. The van der Waals surface area contributed by atoms with Gasteiger partial charge in [0.2, 0.25) is 5.91 Å². The normalized spacial score (nSPS) is 14.0. The molecule has 2 aromatic carbocycles. The molecular formula is C28H36N2O5. The number of benzene rings is 2. The quantitative estimate of drug-likeness (QED) is 0.524. The molecule has 0 aliphatic heterocycles. The first-order valence-corrected chi connectivity index (χ1v) is 12.1. The Bertz CT molecular complexity index is 1060. The summed E-state index contributed by atoms with van der Waals surface area (Å²) in [5, 5.41) is 12.2.